The van der Waals surface area contributed by atoms with Crippen LogP contribution in [0.1, 0.15) is 69.3 Å². The van der Waals surface area contributed by atoms with Crippen molar-refractivity contribution in [3.05, 3.63) is 95.6 Å². The van der Waals surface area contributed by atoms with Crippen LogP contribution in [-0.4, -0.2) is 52.3 Å². The van der Waals surface area contributed by atoms with Crippen molar-refractivity contribution < 1.29 is 14.3 Å². The van der Waals surface area contributed by atoms with Crippen LogP contribution in [-0.2, 0) is 5.41 Å². The molecule has 0 radical (unpaired) electrons. The lowest BCUT2D eigenvalue weighted by molar-refractivity contribution is 0.115. The number of amides is 1. The van der Waals surface area contributed by atoms with E-state index >= 15 is 0 Å². The number of halogens is 1. The molecule has 2 N–H and O–H groups in total. The standard InChI is InChI=1S/C38H45FN4O2/c1-6-8-14-26-23-29(41(4)5)21-22-38(26,35-25(3)31-24-27(39)19-20-32(31)40-35)36-34(42(7-2)37(44)45)30-17-12-13-18-33(30)43(36)28-15-10-9-11-16-28/h9-13,15-20,24,26,29,40H,6-8,14,21-23H2,1-5H3,(H,44,45). The highest BCUT2D eigenvalue weighted by Crippen LogP contribution is 2.57. The minimum atomic E-state index is -0.965. The Labute approximate surface area is 265 Å². The van der Waals surface area contributed by atoms with Crippen molar-refractivity contribution in [3.8, 4) is 5.69 Å². The number of nitrogens with zero attached hydrogens (tertiary/aromatic N) is 3. The maximum atomic E-state index is 14.7. The van der Waals surface area contributed by atoms with Crippen LogP contribution in [0.3, 0.4) is 0 Å². The second kappa shape index (κ2) is 12.4. The number of aryl methyl sites for hydroxylation is 1. The molecule has 7 heteroatoms. The summed E-state index contributed by atoms with van der Waals surface area (Å²) in [5, 5.41) is 12.5. The molecule has 6 rings (SSSR count). The molecule has 3 aromatic carbocycles. The number of carbonyl (C=O) groups is 1. The summed E-state index contributed by atoms with van der Waals surface area (Å²) in [4.78, 5) is 20.8. The molecule has 3 unspecified atom stereocenters. The van der Waals surface area contributed by atoms with Gasteiger partial charge in [0, 0.05) is 40.3 Å². The zero-order chi connectivity index (χ0) is 31.9. The number of aromatic nitrogens is 2. The highest BCUT2D eigenvalue weighted by molar-refractivity contribution is 6.04. The molecule has 0 saturated heterocycles. The molecule has 2 heterocycles. The summed E-state index contributed by atoms with van der Waals surface area (Å²) >= 11 is 0. The van der Waals surface area contributed by atoms with Gasteiger partial charge in [0.15, 0.2) is 0 Å². The van der Waals surface area contributed by atoms with Gasteiger partial charge in [-0.1, -0.05) is 56.2 Å². The van der Waals surface area contributed by atoms with Crippen LogP contribution in [0.2, 0.25) is 0 Å². The largest absolute Gasteiger partial charge is 0.465 e. The molecule has 1 aliphatic rings. The van der Waals surface area contributed by atoms with Crippen LogP contribution in [0.5, 0.6) is 0 Å². The van der Waals surface area contributed by atoms with Gasteiger partial charge in [-0.15, -0.1) is 0 Å². The highest BCUT2D eigenvalue weighted by atomic mass is 19.1. The van der Waals surface area contributed by atoms with E-state index in [0.717, 1.165) is 88.7 Å². The molecule has 0 spiro atoms. The Kier molecular flexibility index (Phi) is 8.49. The van der Waals surface area contributed by atoms with Crippen LogP contribution in [0.25, 0.3) is 27.5 Å². The van der Waals surface area contributed by atoms with E-state index in [0.29, 0.717) is 12.6 Å². The van der Waals surface area contributed by atoms with Crippen molar-refractivity contribution in [2.75, 3.05) is 25.5 Å². The van der Waals surface area contributed by atoms with Crippen molar-refractivity contribution in [1.82, 2.24) is 14.5 Å². The molecular formula is C38H45FN4O2. The predicted molar refractivity (Wildman–Crippen MR) is 182 cm³/mol. The van der Waals surface area contributed by atoms with E-state index in [1.165, 1.54) is 11.0 Å². The Balaban J connectivity index is 1.81. The third kappa shape index (κ3) is 5.11. The fourth-order valence-electron chi connectivity index (χ4n) is 8.17. The second-order valence-corrected chi connectivity index (χ2v) is 12.9. The van der Waals surface area contributed by atoms with Gasteiger partial charge in [-0.2, -0.15) is 0 Å². The Morgan fingerprint density at radius 2 is 1.78 bits per heavy atom. The lowest BCUT2D eigenvalue weighted by atomic mass is 9.58. The van der Waals surface area contributed by atoms with E-state index < -0.39 is 11.5 Å². The van der Waals surface area contributed by atoms with Crippen molar-refractivity contribution >= 4 is 33.6 Å². The van der Waals surface area contributed by atoms with E-state index in [-0.39, 0.29) is 11.7 Å². The summed E-state index contributed by atoms with van der Waals surface area (Å²) in [6.45, 7) is 6.57. The zero-order valence-electron chi connectivity index (χ0n) is 27.1. The minimum absolute atomic E-state index is 0.202. The zero-order valence-corrected chi connectivity index (χ0v) is 27.1. The number of para-hydroxylation sites is 2. The number of aromatic amines is 1. The topological polar surface area (TPSA) is 64.5 Å². The van der Waals surface area contributed by atoms with E-state index in [4.69, 9.17) is 0 Å². The fraction of sp³-hybridized carbons (Fsp3) is 0.395. The van der Waals surface area contributed by atoms with Crippen LogP contribution in [0, 0.1) is 18.7 Å². The van der Waals surface area contributed by atoms with Crippen molar-refractivity contribution in [2.24, 2.45) is 5.92 Å². The quantitative estimate of drug-likeness (QED) is 0.175. The number of hydrogen-bond acceptors (Lipinski definition) is 2. The van der Waals surface area contributed by atoms with Gasteiger partial charge in [-0.25, -0.2) is 9.18 Å². The van der Waals surface area contributed by atoms with Gasteiger partial charge in [0.2, 0.25) is 0 Å². The smallest absolute Gasteiger partial charge is 0.411 e. The number of anilines is 1. The van der Waals surface area contributed by atoms with Gasteiger partial charge in [0.1, 0.15) is 5.82 Å². The van der Waals surface area contributed by atoms with Crippen LogP contribution in [0.4, 0.5) is 14.9 Å². The first-order chi connectivity index (χ1) is 21.7. The molecule has 45 heavy (non-hydrogen) atoms. The first kappa shape index (κ1) is 30.9. The third-order valence-corrected chi connectivity index (χ3v) is 10.3. The number of benzene rings is 3. The molecule has 5 aromatic rings. The van der Waals surface area contributed by atoms with E-state index in [2.05, 4.69) is 66.7 Å². The maximum absolute atomic E-state index is 14.7. The number of rotatable bonds is 9. The van der Waals surface area contributed by atoms with Gasteiger partial charge in [0.05, 0.1) is 22.3 Å². The highest BCUT2D eigenvalue weighted by Gasteiger charge is 2.52. The Hall–Kier alpha value is -4.10. The average Bonchev–Trinajstić information content (AvgIpc) is 3.55. The Morgan fingerprint density at radius 1 is 1.04 bits per heavy atom. The molecule has 1 aliphatic carbocycles. The summed E-state index contributed by atoms with van der Waals surface area (Å²) in [6, 6.07) is 23.9. The Morgan fingerprint density at radius 3 is 2.47 bits per heavy atom. The maximum Gasteiger partial charge on any atom is 0.411 e. The number of unbranched alkanes of at least 4 members (excludes halogenated alkanes) is 1. The van der Waals surface area contributed by atoms with Crippen LogP contribution < -0.4 is 4.90 Å². The first-order valence-electron chi connectivity index (χ1n) is 16.4. The number of hydrogen-bond donors (Lipinski definition) is 2. The normalized spacial score (nSPS) is 20.3. The number of fused-ring (bicyclic) bond motifs is 2. The van der Waals surface area contributed by atoms with Gasteiger partial charge >= 0.3 is 6.09 Å². The van der Waals surface area contributed by atoms with Gasteiger partial charge in [-0.3, -0.25) is 4.90 Å². The number of carboxylic acid groups (broad SMARTS) is 1. The molecule has 0 bridgehead atoms. The molecule has 1 saturated carbocycles. The van der Waals surface area contributed by atoms with Crippen LogP contribution in [0.15, 0.2) is 72.8 Å². The second-order valence-electron chi connectivity index (χ2n) is 12.9. The molecule has 1 fully saturated rings. The molecule has 3 atom stereocenters. The van der Waals surface area contributed by atoms with E-state index in [1.807, 2.05) is 43.3 Å². The number of nitrogens with one attached hydrogen (secondary N) is 1. The van der Waals surface area contributed by atoms with Crippen molar-refractivity contribution in [2.45, 2.75) is 70.8 Å². The monoisotopic (exact) mass is 608 g/mol. The summed E-state index contributed by atoms with van der Waals surface area (Å²) in [5.74, 6) is -0.0561. The summed E-state index contributed by atoms with van der Waals surface area (Å²) in [7, 11) is 4.34. The summed E-state index contributed by atoms with van der Waals surface area (Å²) in [5.41, 5.74) is 6.17. The fourth-order valence-corrected chi connectivity index (χ4v) is 8.17. The molecule has 0 aliphatic heterocycles. The molecule has 2 aromatic heterocycles. The molecular weight excluding hydrogens is 563 g/mol. The van der Waals surface area contributed by atoms with Gasteiger partial charge in [0.25, 0.3) is 0 Å². The SMILES string of the molecule is CCCCC1CC(N(C)C)CCC1(c1[nH]c2ccc(F)cc2c1C)c1c(N(CC)C(=O)O)c2ccccc2n1-c1ccccc1. The Bertz CT molecular complexity index is 1820. The molecule has 1 amide bonds. The van der Waals surface area contributed by atoms with Crippen molar-refractivity contribution in [3.63, 3.8) is 0 Å². The van der Waals surface area contributed by atoms with Crippen molar-refractivity contribution in [1.29, 1.82) is 0 Å². The minimum Gasteiger partial charge on any atom is -0.465 e. The molecule has 6 nitrogen and oxygen atoms in total. The predicted octanol–water partition coefficient (Wildman–Crippen LogP) is 9.27. The lowest BCUT2D eigenvalue weighted by Crippen LogP contribution is -2.49. The molecule has 236 valence electrons. The average molecular weight is 609 g/mol. The van der Waals surface area contributed by atoms with Gasteiger partial charge < -0.3 is 19.6 Å². The summed E-state index contributed by atoms with van der Waals surface area (Å²) in [6.07, 6.45) is 4.93. The lowest BCUT2D eigenvalue weighted by Gasteiger charge is -2.49. The summed E-state index contributed by atoms with van der Waals surface area (Å²) < 4.78 is 17.0. The number of H-pyrrole nitrogens is 1. The third-order valence-electron chi connectivity index (χ3n) is 10.3. The van der Waals surface area contributed by atoms with E-state index in [1.54, 1.807) is 6.07 Å². The van der Waals surface area contributed by atoms with E-state index in [9.17, 15) is 14.3 Å². The van der Waals surface area contributed by atoms with Gasteiger partial charge in [-0.05, 0) is 102 Å². The first-order valence-corrected chi connectivity index (χ1v) is 16.4. The van der Waals surface area contributed by atoms with Crippen LogP contribution >= 0.6 is 0 Å².